The van der Waals surface area contributed by atoms with Gasteiger partial charge >= 0.3 is 0 Å². The van der Waals surface area contributed by atoms with Crippen molar-refractivity contribution in [1.29, 1.82) is 0 Å². The minimum Gasteiger partial charge on any atom is -0.496 e. The number of carbonyl (C=O) groups excluding carboxylic acids is 1. The van der Waals surface area contributed by atoms with Crippen LogP contribution in [0.5, 0.6) is 5.75 Å². The number of rotatable bonds is 5. The molecule has 1 amide bonds. The number of nitrogen functional groups attached to an aromatic ring is 1. The Labute approximate surface area is 181 Å². The Morgan fingerprint density at radius 2 is 2.00 bits per heavy atom. The van der Waals surface area contributed by atoms with Crippen LogP contribution in [0.2, 0.25) is 0 Å². The van der Waals surface area contributed by atoms with Crippen LogP contribution in [0.25, 0.3) is 11.1 Å². The summed E-state index contributed by atoms with van der Waals surface area (Å²) in [5.41, 5.74) is 8.43. The van der Waals surface area contributed by atoms with E-state index in [9.17, 15) is 4.79 Å². The summed E-state index contributed by atoms with van der Waals surface area (Å²) in [4.78, 5) is 19.1. The first kappa shape index (κ1) is 20.9. The quantitative estimate of drug-likeness (QED) is 0.795. The molecule has 0 saturated carbocycles. The topological polar surface area (TPSA) is 115 Å². The molecule has 0 radical (unpaired) electrons. The molecule has 1 fully saturated rings. The van der Waals surface area contributed by atoms with Gasteiger partial charge in [-0.25, -0.2) is 4.98 Å². The third-order valence-corrected chi connectivity index (χ3v) is 5.81. The van der Waals surface area contributed by atoms with Gasteiger partial charge in [-0.05, 0) is 34.9 Å². The van der Waals surface area contributed by atoms with E-state index in [1.807, 2.05) is 32.0 Å². The second-order valence-electron chi connectivity index (χ2n) is 7.89. The monoisotopic (exact) mass is 422 g/mol. The van der Waals surface area contributed by atoms with Gasteiger partial charge in [0.05, 0.1) is 32.1 Å². The molecule has 162 valence electrons. The van der Waals surface area contributed by atoms with E-state index in [0.717, 1.165) is 16.7 Å². The van der Waals surface area contributed by atoms with Crippen LogP contribution in [0.1, 0.15) is 29.8 Å². The van der Waals surface area contributed by atoms with Gasteiger partial charge in [0.15, 0.2) is 5.54 Å². The zero-order chi connectivity index (χ0) is 22.0. The van der Waals surface area contributed by atoms with Crippen LogP contribution in [0.3, 0.4) is 0 Å². The lowest BCUT2D eigenvalue weighted by Gasteiger charge is -2.28. The summed E-state index contributed by atoms with van der Waals surface area (Å²) < 4.78 is 10.9. The Morgan fingerprint density at radius 1 is 1.23 bits per heavy atom. The van der Waals surface area contributed by atoms with Gasteiger partial charge in [-0.1, -0.05) is 19.9 Å². The SMILES string of the molecule is COc1cc(-c2cnc(N)c(C3(C(C)C)C=NN=N3)c2)ccc1C(=O)N1CCOCC1. The highest BCUT2D eigenvalue weighted by molar-refractivity contribution is 5.97. The van der Waals surface area contributed by atoms with Gasteiger partial charge in [0, 0.05) is 30.4 Å². The highest BCUT2D eigenvalue weighted by Gasteiger charge is 2.39. The Kier molecular flexibility index (Phi) is 5.69. The van der Waals surface area contributed by atoms with Gasteiger partial charge in [0.25, 0.3) is 5.91 Å². The number of benzene rings is 1. The molecule has 1 saturated heterocycles. The molecule has 1 aromatic heterocycles. The fraction of sp³-hybridized carbons (Fsp3) is 0.409. The summed E-state index contributed by atoms with van der Waals surface area (Å²) >= 11 is 0. The van der Waals surface area contributed by atoms with E-state index < -0.39 is 5.54 Å². The molecule has 1 unspecified atom stereocenters. The third kappa shape index (κ3) is 3.76. The molecular weight excluding hydrogens is 396 g/mol. The number of anilines is 1. The minimum atomic E-state index is -0.747. The van der Waals surface area contributed by atoms with Crippen molar-refractivity contribution < 1.29 is 14.3 Å². The first-order chi connectivity index (χ1) is 15.0. The maximum Gasteiger partial charge on any atom is 0.257 e. The molecule has 1 aromatic carbocycles. The average Bonchev–Trinajstić information content (AvgIpc) is 3.30. The second-order valence-corrected chi connectivity index (χ2v) is 7.89. The van der Waals surface area contributed by atoms with Gasteiger partial charge in [-0.3, -0.25) is 4.79 Å². The molecule has 1 atom stereocenters. The number of carbonyl (C=O) groups is 1. The highest BCUT2D eigenvalue weighted by Crippen LogP contribution is 2.40. The molecule has 2 N–H and O–H groups in total. The predicted octanol–water partition coefficient (Wildman–Crippen LogP) is 3.11. The lowest BCUT2D eigenvalue weighted by molar-refractivity contribution is 0.0301. The molecular formula is C22H26N6O3. The molecule has 31 heavy (non-hydrogen) atoms. The Hall–Kier alpha value is -3.33. The first-order valence-corrected chi connectivity index (χ1v) is 10.2. The number of aromatic nitrogens is 1. The number of hydrogen-bond acceptors (Lipinski definition) is 8. The third-order valence-electron chi connectivity index (χ3n) is 5.81. The van der Waals surface area contributed by atoms with E-state index in [-0.39, 0.29) is 11.8 Å². The number of ether oxygens (including phenoxy) is 2. The smallest absolute Gasteiger partial charge is 0.257 e. The maximum absolute atomic E-state index is 12.9. The molecule has 2 aliphatic heterocycles. The zero-order valence-corrected chi connectivity index (χ0v) is 17.9. The lowest BCUT2D eigenvalue weighted by atomic mass is 9.81. The number of pyridine rings is 1. The van der Waals surface area contributed by atoms with Crippen LogP contribution >= 0.6 is 0 Å². The van der Waals surface area contributed by atoms with Crippen LogP contribution in [-0.2, 0) is 10.3 Å². The Balaban J connectivity index is 1.71. The average molecular weight is 422 g/mol. The van der Waals surface area contributed by atoms with E-state index in [1.54, 1.807) is 30.5 Å². The van der Waals surface area contributed by atoms with Crippen LogP contribution in [0, 0.1) is 5.92 Å². The molecule has 3 heterocycles. The number of morpholine rings is 1. The molecule has 2 aromatic rings. The van der Waals surface area contributed by atoms with E-state index in [1.165, 1.54) is 0 Å². The summed E-state index contributed by atoms with van der Waals surface area (Å²) in [6.45, 7) is 6.31. The van der Waals surface area contributed by atoms with Crippen molar-refractivity contribution in [2.45, 2.75) is 19.4 Å². The van der Waals surface area contributed by atoms with E-state index >= 15 is 0 Å². The fourth-order valence-corrected chi connectivity index (χ4v) is 3.88. The molecule has 0 spiro atoms. The van der Waals surface area contributed by atoms with Gasteiger partial charge in [0.1, 0.15) is 11.6 Å². The van der Waals surface area contributed by atoms with E-state index in [2.05, 4.69) is 20.4 Å². The summed E-state index contributed by atoms with van der Waals surface area (Å²) in [5, 5.41) is 12.1. The first-order valence-electron chi connectivity index (χ1n) is 10.2. The van der Waals surface area contributed by atoms with Crippen molar-refractivity contribution in [1.82, 2.24) is 9.88 Å². The molecule has 9 nitrogen and oxygen atoms in total. The van der Waals surface area contributed by atoms with Crippen LogP contribution in [-0.4, -0.2) is 55.4 Å². The highest BCUT2D eigenvalue weighted by atomic mass is 16.5. The predicted molar refractivity (Wildman–Crippen MR) is 117 cm³/mol. The molecule has 4 rings (SSSR count). The van der Waals surface area contributed by atoms with Crippen molar-refractivity contribution in [3.63, 3.8) is 0 Å². The number of hydrogen-bond donors (Lipinski definition) is 1. The molecule has 9 heteroatoms. The Morgan fingerprint density at radius 3 is 2.65 bits per heavy atom. The standard InChI is InChI=1S/C22H26N6O3/c1-14(2)22(13-25-27-26-22)18-10-16(12-24-20(18)23)15-4-5-17(19(11-15)30-3)21(29)28-6-8-31-9-7-28/h4-5,10-14H,6-9H2,1-3H3,(H2,23,24). The van der Waals surface area contributed by atoms with Gasteiger partial charge in [0.2, 0.25) is 0 Å². The number of nitrogens with two attached hydrogens (primary N) is 1. The second kappa shape index (κ2) is 8.43. The van der Waals surface area contributed by atoms with Crippen LogP contribution < -0.4 is 10.5 Å². The van der Waals surface area contributed by atoms with Crippen LogP contribution in [0.15, 0.2) is 45.9 Å². The van der Waals surface area contributed by atoms with E-state index in [4.69, 9.17) is 15.2 Å². The van der Waals surface area contributed by atoms with Crippen molar-refractivity contribution in [3.05, 3.63) is 41.6 Å². The Bertz CT molecular complexity index is 1030. The lowest BCUT2D eigenvalue weighted by Crippen LogP contribution is -2.40. The minimum absolute atomic E-state index is 0.0656. The maximum atomic E-state index is 12.9. The van der Waals surface area contributed by atoms with Crippen LogP contribution in [0.4, 0.5) is 5.82 Å². The fourth-order valence-electron chi connectivity index (χ4n) is 3.88. The molecule has 2 aliphatic rings. The number of methoxy groups -OCH3 is 1. The summed E-state index contributed by atoms with van der Waals surface area (Å²) in [7, 11) is 1.56. The molecule has 0 aliphatic carbocycles. The summed E-state index contributed by atoms with van der Waals surface area (Å²) in [5.74, 6) is 0.915. The van der Waals surface area contributed by atoms with Gasteiger partial charge < -0.3 is 20.1 Å². The van der Waals surface area contributed by atoms with Crippen molar-refractivity contribution in [3.8, 4) is 16.9 Å². The van der Waals surface area contributed by atoms with E-state index in [0.29, 0.717) is 43.4 Å². The van der Waals surface area contributed by atoms with Crippen molar-refractivity contribution in [2.75, 3.05) is 39.1 Å². The number of amides is 1. The molecule has 0 bridgehead atoms. The van der Waals surface area contributed by atoms with Gasteiger partial charge in [-0.2, -0.15) is 5.11 Å². The van der Waals surface area contributed by atoms with Crippen molar-refractivity contribution >= 4 is 17.9 Å². The van der Waals surface area contributed by atoms with Gasteiger partial charge in [-0.15, -0.1) is 5.10 Å². The summed E-state index contributed by atoms with van der Waals surface area (Å²) in [6, 6.07) is 7.48. The zero-order valence-electron chi connectivity index (χ0n) is 17.9. The van der Waals surface area contributed by atoms with Crippen molar-refractivity contribution in [2.24, 2.45) is 21.4 Å². The normalized spacial score (nSPS) is 20.5. The largest absolute Gasteiger partial charge is 0.496 e. The summed E-state index contributed by atoms with van der Waals surface area (Å²) in [6.07, 6.45) is 3.41. The number of nitrogens with zero attached hydrogens (tertiary/aromatic N) is 5.